The van der Waals surface area contributed by atoms with E-state index in [1.165, 1.54) is 6.21 Å². The minimum atomic E-state index is -0.841. The Morgan fingerprint density at radius 1 is 1.00 bits per heavy atom. The number of benzene rings is 3. The van der Waals surface area contributed by atoms with Crippen LogP contribution in [0.3, 0.4) is 0 Å². The lowest BCUT2D eigenvalue weighted by Gasteiger charge is -2.20. The Kier molecular flexibility index (Phi) is 8.99. The zero-order valence-electron chi connectivity index (χ0n) is 20.5. The number of amides is 2. The van der Waals surface area contributed by atoms with E-state index in [1.54, 1.807) is 54.6 Å². The van der Waals surface area contributed by atoms with E-state index < -0.39 is 17.9 Å². The average Bonchev–Trinajstić information content (AvgIpc) is 3.35. The van der Waals surface area contributed by atoms with E-state index in [0.29, 0.717) is 43.4 Å². The van der Waals surface area contributed by atoms with Crippen LogP contribution in [0, 0.1) is 5.92 Å². The van der Waals surface area contributed by atoms with Gasteiger partial charge < -0.3 is 19.5 Å². The van der Waals surface area contributed by atoms with Crippen molar-refractivity contribution in [2.75, 3.05) is 6.79 Å². The van der Waals surface area contributed by atoms with E-state index in [0.717, 1.165) is 5.56 Å². The molecule has 1 atom stereocenters. The largest absolute Gasteiger partial charge is 0.488 e. The van der Waals surface area contributed by atoms with E-state index in [2.05, 4.69) is 15.8 Å². The molecule has 3 aromatic carbocycles. The minimum Gasteiger partial charge on any atom is -0.488 e. The maximum atomic E-state index is 12.9. The maximum absolute atomic E-state index is 12.9. The zero-order chi connectivity index (χ0) is 27.2. The Hall–Kier alpha value is -3.46. The van der Waals surface area contributed by atoms with Crippen molar-refractivity contribution in [2.45, 2.75) is 26.5 Å². The lowest BCUT2D eigenvalue weighted by molar-refractivity contribution is -0.123. The Labute approximate surface area is 234 Å². The number of nitrogens with one attached hydrogen (secondary N) is 2. The summed E-state index contributed by atoms with van der Waals surface area (Å²) in [7, 11) is 0. The summed E-state index contributed by atoms with van der Waals surface area (Å²) in [6, 6.07) is 14.1. The number of hydrogen-bond acceptors (Lipinski definition) is 6. The van der Waals surface area contributed by atoms with Crippen LogP contribution >= 0.6 is 34.8 Å². The van der Waals surface area contributed by atoms with Crippen molar-refractivity contribution in [1.29, 1.82) is 0 Å². The molecule has 38 heavy (non-hydrogen) atoms. The van der Waals surface area contributed by atoms with Crippen molar-refractivity contribution in [2.24, 2.45) is 11.0 Å². The third kappa shape index (κ3) is 6.89. The van der Waals surface area contributed by atoms with Crippen molar-refractivity contribution in [1.82, 2.24) is 10.7 Å². The van der Waals surface area contributed by atoms with Gasteiger partial charge in [0.1, 0.15) is 18.4 Å². The van der Waals surface area contributed by atoms with Crippen LogP contribution in [0.25, 0.3) is 0 Å². The second-order valence-electron chi connectivity index (χ2n) is 8.70. The number of hydrogen-bond donors (Lipinski definition) is 2. The molecule has 1 aliphatic heterocycles. The molecule has 0 bridgehead atoms. The number of rotatable bonds is 9. The number of ether oxygens (including phenoxy) is 3. The summed E-state index contributed by atoms with van der Waals surface area (Å²) in [5.41, 5.74) is 4.11. The van der Waals surface area contributed by atoms with E-state index in [4.69, 9.17) is 49.0 Å². The molecule has 0 aromatic heterocycles. The summed E-state index contributed by atoms with van der Waals surface area (Å²) >= 11 is 18.3. The molecule has 3 aromatic rings. The molecule has 1 aliphatic rings. The molecule has 4 rings (SSSR count). The van der Waals surface area contributed by atoms with Crippen LogP contribution in [-0.2, 0) is 11.4 Å². The number of carbonyl (C=O) groups excluding carboxylic acids is 2. The standard InChI is InChI=1S/C27H24Cl3N3O5/c1-15(2)25(32-26(34)16-4-7-23-24(10-16)38-14-37-23)27(35)33-31-12-18-9-19(28)6-8-22(18)36-13-17-3-5-20(29)11-21(17)30/h3-12,15,25H,13-14H2,1-2H3,(H,32,34)(H,33,35)/b31-12+. The summed E-state index contributed by atoms with van der Waals surface area (Å²) in [6.07, 6.45) is 1.42. The van der Waals surface area contributed by atoms with Crippen molar-refractivity contribution < 1.29 is 23.8 Å². The van der Waals surface area contributed by atoms with Gasteiger partial charge in [0.25, 0.3) is 11.8 Å². The molecule has 1 unspecified atom stereocenters. The Balaban J connectivity index is 1.41. The number of fused-ring (bicyclic) bond motifs is 1. The number of hydrazone groups is 1. The van der Waals surface area contributed by atoms with Gasteiger partial charge in [-0.1, -0.05) is 54.7 Å². The van der Waals surface area contributed by atoms with Gasteiger partial charge in [0.2, 0.25) is 6.79 Å². The fourth-order valence-electron chi connectivity index (χ4n) is 3.58. The van der Waals surface area contributed by atoms with Gasteiger partial charge in [-0.25, -0.2) is 5.43 Å². The van der Waals surface area contributed by atoms with Gasteiger partial charge in [0, 0.05) is 31.8 Å². The molecular formula is C27H24Cl3N3O5. The molecule has 0 fully saturated rings. The second-order valence-corrected chi connectivity index (χ2v) is 9.98. The van der Waals surface area contributed by atoms with Gasteiger partial charge in [0.05, 0.1) is 6.21 Å². The Bertz CT molecular complexity index is 1380. The predicted octanol–water partition coefficient (Wildman–Crippen LogP) is 5.86. The number of nitrogens with zero attached hydrogens (tertiary/aromatic N) is 1. The van der Waals surface area contributed by atoms with Gasteiger partial charge in [-0.2, -0.15) is 5.10 Å². The predicted molar refractivity (Wildman–Crippen MR) is 147 cm³/mol. The third-order valence-electron chi connectivity index (χ3n) is 5.62. The van der Waals surface area contributed by atoms with Crippen LogP contribution in [-0.4, -0.2) is 30.9 Å². The first-order valence-corrected chi connectivity index (χ1v) is 12.7. The Morgan fingerprint density at radius 2 is 1.74 bits per heavy atom. The van der Waals surface area contributed by atoms with Gasteiger partial charge in [-0.05, 0) is 54.4 Å². The summed E-state index contributed by atoms with van der Waals surface area (Å²) in [5.74, 6) is 0.405. The molecule has 0 saturated carbocycles. The first kappa shape index (κ1) is 27.6. The lowest BCUT2D eigenvalue weighted by Crippen LogP contribution is -2.48. The highest BCUT2D eigenvalue weighted by Crippen LogP contribution is 2.32. The first-order chi connectivity index (χ1) is 18.2. The van der Waals surface area contributed by atoms with Gasteiger partial charge in [-0.15, -0.1) is 0 Å². The SMILES string of the molecule is CC(C)C(NC(=O)c1ccc2c(c1)OCO2)C(=O)N/N=C/c1cc(Cl)ccc1OCc1ccc(Cl)cc1Cl. The molecule has 8 nitrogen and oxygen atoms in total. The quantitative estimate of drug-likeness (QED) is 0.246. The van der Waals surface area contributed by atoms with Crippen LogP contribution in [0.2, 0.25) is 15.1 Å². The van der Waals surface area contributed by atoms with Crippen LogP contribution < -0.4 is 25.0 Å². The van der Waals surface area contributed by atoms with Crippen molar-refractivity contribution >= 4 is 52.8 Å². The van der Waals surface area contributed by atoms with Crippen molar-refractivity contribution in [3.8, 4) is 17.2 Å². The fraction of sp³-hybridized carbons (Fsp3) is 0.222. The summed E-state index contributed by atoms with van der Waals surface area (Å²) < 4.78 is 16.5. The highest BCUT2D eigenvalue weighted by molar-refractivity contribution is 6.35. The summed E-state index contributed by atoms with van der Waals surface area (Å²) in [5, 5.41) is 8.29. The van der Waals surface area contributed by atoms with Crippen LogP contribution in [0.4, 0.5) is 0 Å². The van der Waals surface area contributed by atoms with Crippen molar-refractivity contribution in [3.05, 3.63) is 86.4 Å². The lowest BCUT2D eigenvalue weighted by atomic mass is 10.0. The van der Waals surface area contributed by atoms with Gasteiger partial charge >= 0.3 is 0 Å². The van der Waals surface area contributed by atoms with E-state index >= 15 is 0 Å². The smallest absolute Gasteiger partial charge is 0.262 e. The highest BCUT2D eigenvalue weighted by Gasteiger charge is 2.25. The topological polar surface area (TPSA) is 98.2 Å². The molecule has 2 N–H and O–H groups in total. The molecule has 1 heterocycles. The first-order valence-electron chi connectivity index (χ1n) is 11.6. The molecule has 0 spiro atoms. The Morgan fingerprint density at radius 3 is 2.50 bits per heavy atom. The molecule has 198 valence electrons. The zero-order valence-corrected chi connectivity index (χ0v) is 22.7. The maximum Gasteiger partial charge on any atom is 0.262 e. The summed E-state index contributed by atoms with van der Waals surface area (Å²) in [4.78, 5) is 25.7. The summed E-state index contributed by atoms with van der Waals surface area (Å²) in [6.45, 7) is 3.92. The molecule has 2 amide bonds. The second kappa shape index (κ2) is 12.4. The van der Waals surface area contributed by atoms with Gasteiger partial charge in [0.15, 0.2) is 11.5 Å². The fourth-order valence-corrected chi connectivity index (χ4v) is 4.22. The molecule has 0 saturated heterocycles. The average molecular weight is 577 g/mol. The molecule has 0 aliphatic carbocycles. The minimum absolute atomic E-state index is 0.101. The third-order valence-corrected chi connectivity index (χ3v) is 6.44. The van der Waals surface area contributed by atoms with Crippen LogP contribution in [0.5, 0.6) is 17.2 Å². The van der Waals surface area contributed by atoms with Gasteiger partial charge in [-0.3, -0.25) is 9.59 Å². The van der Waals surface area contributed by atoms with Crippen molar-refractivity contribution in [3.63, 3.8) is 0 Å². The number of halogens is 3. The molecular weight excluding hydrogens is 553 g/mol. The van der Waals surface area contributed by atoms with Crippen LogP contribution in [0.1, 0.15) is 35.3 Å². The monoisotopic (exact) mass is 575 g/mol. The molecule has 11 heteroatoms. The molecule has 0 radical (unpaired) electrons. The van der Waals surface area contributed by atoms with E-state index in [-0.39, 0.29) is 19.3 Å². The van der Waals surface area contributed by atoms with E-state index in [9.17, 15) is 9.59 Å². The van der Waals surface area contributed by atoms with E-state index in [1.807, 2.05) is 13.8 Å². The normalized spacial score (nSPS) is 13.0. The highest BCUT2D eigenvalue weighted by atomic mass is 35.5. The number of carbonyl (C=O) groups is 2. The van der Waals surface area contributed by atoms with Crippen LogP contribution in [0.15, 0.2) is 59.7 Å².